The Morgan fingerprint density at radius 3 is 2.70 bits per heavy atom. The molecule has 100 valence electrons. The molecule has 3 rings (SSSR count). The quantitative estimate of drug-likeness (QED) is 0.683. The highest BCUT2D eigenvalue weighted by molar-refractivity contribution is 9.10. The predicted molar refractivity (Wildman–Crippen MR) is 84.4 cm³/mol. The van der Waals surface area contributed by atoms with E-state index in [1.807, 2.05) is 30.3 Å². The van der Waals surface area contributed by atoms with E-state index < -0.39 is 0 Å². The van der Waals surface area contributed by atoms with E-state index in [-0.39, 0.29) is 0 Å². The van der Waals surface area contributed by atoms with Crippen molar-refractivity contribution in [3.63, 3.8) is 0 Å². The van der Waals surface area contributed by atoms with Crippen LogP contribution in [0, 0.1) is 0 Å². The molecule has 0 atom stereocenters. The fraction of sp³-hybridized carbons (Fsp3) is 0. The van der Waals surface area contributed by atoms with Crippen molar-refractivity contribution in [2.24, 2.45) is 0 Å². The molecule has 2 aromatic carbocycles. The Balaban J connectivity index is 2.02. The van der Waals surface area contributed by atoms with Gasteiger partial charge in [0.25, 0.3) is 0 Å². The van der Waals surface area contributed by atoms with Gasteiger partial charge < -0.3 is 5.73 Å². The Morgan fingerprint density at radius 2 is 1.95 bits per heavy atom. The summed E-state index contributed by atoms with van der Waals surface area (Å²) in [5.74, 6) is 1.28. The van der Waals surface area contributed by atoms with Crippen LogP contribution >= 0.6 is 27.5 Å². The van der Waals surface area contributed by atoms with Gasteiger partial charge in [0.15, 0.2) is 11.6 Å². The summed E-state index contributed by atoms with van der Waals surface area (Å²) in [7, 11) is 0. The lowest BCUT2D eigenvalue weighted by molar-refractivity contribution is 1.10. The van der Waals surface area contributed by atoms with E-state index in [2.05, 4.69) is 31.1 Å². The van der Waals surface area contributed by atoms with E-state index in [0.29, 0.717) is 22.4 Å². The number of nitrogen functional groups attached to an aromatic ring is 1. The predicted octanol–water partition coefficient (Wildman–Crippen LogP) is 4.14. The van der Waals surface area contributed by atoms with Gasteiger partial charge >= 0.3 is 0 Å². The van der Waals surface area contributed by atoms with E-state index >= 15 is 0 Å². The molecule has 0 spiro atoms. The maximum atomic E-state index is 5.91. The van der Waals surface area contributed by atoms with Crippen molar-refractivity contribution >= 4 is 33.2 Å². The molecule has 1 heterocycles. The van der Waals surface area contributed by atoms with Gasteiger partial charge in [-0.25, -0.2) is 4.98 Å². The standard InChI is InChI=1S/C14H10BrClN4/c15-10-4-2-1-3-9(10)14-18-13(19-20-14)8-5-6-11(16)12(17)7-8/h1-7H,17H2,(H,18,19,20). The van der Waals surface area contributed by atoms with E-state index in [1.54, 1.807) is 12.1 Å². The highest BCUT2D eigenvalue weighted by atomic mass is 79.9. The van der Waals surface area contributed by atoms with Gasteiger partial charge in [-0.05, 0) is 24.3 Å². The highest BCUT2D eigenvalue weighted by Crippen LogP contribution is 2.28. The lowest BCUT2D eigenvalue weighted by Gasteiger charge is -2.00. The zero-order chi connectivity index (χ0) is 14.1. The number of anilines is 1. The largest absolute Gasteiger partial charge is 0.398 e. The molecular formula is C14H10BrClN4. The molecule has 0 amide bonds. The van der Waals surface area contributed by atoms with Crippen LogP contribution in [0.5, 0.6) is 0 Å². The van der Waals surface area contributed by atoms with Crippen LogP contribution in [0.25, 0.3) is 22.8 Å². The number of hydrogen-bond donors (Lipinski definition) is 2. The van der Waals surface area contributed by atoms with Crippen molar-refractivity contribution in [3.8, 4) is 22.8 Å². The monoisotopic (exact) mass is 348 g/mol. The molecule has 0 aliphatic rings. The number of aromatic nitrogens is 3. The zero-order valence-corrected chi connectivity index (χ0v) is 12.6. The second kappa shape index (κ2) is 5.26. The molecule has 4 nitrogen and oxygen atoms in total. The summed E-state index contributed by atoms with van der Waals surface area (Å²) < 4.78 is 0.957. The molecule has 3 aromatic rings. The molecule has 0 aliphatic carbocycles. The third kappa shape index (κ3) is 2.42. The average Bonchev–Trinajstić information content (AvgIpc) is 2.92. The van der Waals surface area contributed by atoms with E-state index in [9.17, 15) is 0 Å². The number of rotatable bonds is 2. The van der Waals surface area contributed by atoms with E-state index in [0.717, 1.165) is 15.6 Å². The van der Waals surface area contributed by atoms with Gasteiger partial charge in [-0.1, -0.05) is 45.7 Å². The van der Waals surface area contributed by atoms with Crippen LogP contribution in [0.3, 0.4) is 0 Å². The molecule has 20 heavy (non-hydrogen) atoms. The van der Waals surface area contributed by atoms with Crippen LogP contribution in [-0.4, -0.2) is 15.2 Å². The topological polar surface area (TPSA) is 67.6 Å². The molecule has 6 heteroatoms. The molecule has 0 fully saturated rings. The first-order chi connectivity index (χ1) is 9.65. The van der Waals surface area contributed by atoms with Crippen molar-refractivity contribution in [1.82, 2.24) is 15.2 Å². The molecule has 3 N–H and O–H groups in total. The van der Waals surface area contributed by atoms with Gasteiger partial charge in [-0.2, -0.15) is 5.10 Å². The molecule has 0 saturated carbocycles. The molecule has 0 radical (unpaired) electrons. The summed E-state index contributed by atoms with van der Waals surface area (Å²) >= 11 is 9.40. The van der Waals surface area contributed by atoms with Crippen LogP contribution in [0.4, 0.5) is 5.69 Å². The van der Waals surface area contributed by atoms with Crippen molar-refractivity contribution < 1.29 is 0 Å². The molecule has 0 saturated heterocycles. The van der Waals surface area contributed by atoms with E-state index in [4.69, 9.17) is 17.3 Å². The molecule has 1 aromatic heterocycles. The van der Waals surface area contributed by atoms with Crippen LogP contribution in [0.15, 0.2) is 46.9 Å². The van der Waals surface area contributed by atoms with Gasteiger partial charge in [-0.3, -0.25) is 5.10 Å². The SMILES string of the molecule is Nc1cc(-c2n[nH]c(-c3ccccc3Br)n2)ccc1Cl. The van der Waals surface area contributed by atoms with Crippen molar-refractivity contribution in [3.05, 3.63) is 52.0 Å². The third-order valence-electron chi connectivity index (χ3n) is 2.87. The number of aromatic amines is 1. The summed E-state index contributed by atoms with van der Waals surface area (Å²) in [6, 6.07) is 13.2. The van der Waals surface area contributed by atoms with Crippen LogP contribution in [0.2, 0.25) is 5.02 Å². The minimum absolute atomic E-state index is 0.511. The maximum absolute atomic E-state index is 5.91. The van der Waals surface area contributed by atoms with Crippen molar-refractivity contribution in [1.29, 1.82) is 0 Å². The Bertz CT molecular complexity index is 769. The molecule has 0 aliphatic heterocycles. The molecule has 0 unspecified atom stereocenters. The second-order valence-corrected chi connectivity index (χ2v) is 5.49. The normalized spacial score (nSPS) is 10.7. The van der Waals surface area contributed by atoms with Gasteiger partial charge in [0.1, 0.15) is 0 Å². The van der Waals surface area contributed by atoms with Crippen LogP contribution in [-0.2, 0) is 0 Å². The second-order valence-electron chi connectivity index (χ2n) is 4.22. The van der Waals surface area contributed by atoms with Gasteiger partial charge in [0.2, 0.25) is 0 Å². The number of nitrogens with one attached hydrogen (secondary N) is 1. The first-order valence-electron chi connectivity index (χ1n) is 5.88. The summed E-state index contributed by atoms with van der Waals surface area (Å²) in [6.45, 7) is 0. The number of nitrogens with two attached hydrogens (primary N) is 1. The van der Waals surface area contributed by atoms with E-state index in [1.165, 1.54) is 0 Å². The number of halogens is 2. The minimum atomic E-state index is 0.511. The summed E-state index contributed by atoms with van der Waals surface area (Å²) in [6.07, 6.45) is 0. The number of H-pyrrole nitrogens is 1. The Hall–Kier alpha value is -1.85. The fourth-order valence-corrected chi connectivity index (χ4v) is 2.44. The Labute approximate surface area is 129 Å². The lowest BCUT2D eigenvalue weighted by Crippen LogP contribution is -1.88. The van der Waals surface area contributed by atoms with Crippen molar-refractivity contribution in [2.45, 2.75) is 0 Å². The zero-order valence-electron chi connectivity index (χ0n) is 10.3. The first kappa shape index (κ1) is 13.1. The number of hydrogen-bond acceptors (Lipinski definition) is 3. The lowest BCUT2D eigenvalue weighted by atomic mass is 10.2. The van der Waals surface area contributed by atoms with Crippen LogP contribution in [0.1, 0.15) is 0 Å². The molecule has 0 bridgehead atoms. The Morgan fingerprint density at radius 1 is 1.15 bits per heavy atom. The summed E-state index contributed by atoms with van der Waals surface area (Å²) in [4.78, 5) is 4.49. The van der Waals surface area contributed by atoms with Gasteiger partial charge in [0.05, 0.1) is 10.7 Å². The maximum Gasteiger partial charge on any atom is 0.181 e. The smallest absolute Gasteiger partial charge is 0.181 e. The molecular weight excluding hydrogens is 340 g/mol. The average molecular weight is 350 g/mol. The number of benzene rings is 2. The van der Waals surface area contributed by atoms with Crippen molar-refractivity contribution in [2.75, 3.05) is 5.73 Å². The van der Waals surface area contributed by atoms with Gasteiger partial charge in [-0.15, -0.1) is 0 Å². The Kier molecular flexibility index (Phi) is 3.46. The first-order valence-corrected chi connectivity index (χ1v) is 7.05. The van der Waals surface area contributed by atoms with Gasteiger partial charge in [0, 0.05) is 15.6 Å². The highest BCUT2D eigenvalue weighted by Gasteiger charge is 2.10. The van der Waals surface area contributed by atoms with Crippen LogP contribution < -0.4 is 5.73 Å². The summed E-state index contributed by atoms with van der Waals surface area (Å²) in [5, 5.41) is 7.67. The number of nitrogens with zero attached hydrogens (tertiary/aromatic N) is 2. The fourth-order valence-electron chi connectivity index (χ4n) is 1.85. The summed E-state index contributed by atoms with van der Waals surface area (Å²) in [5.41, 5.74) is 8.08. The third-order valence-corrected chi connectivity index (χ3v) is 3.90. The minimum Gasteiger partial charge on any atom is -0.398 e.